The van der Waals surface area contributed by atoms with Crippen LogP contribution in [0.3, 0.4) is 0 Å². The molecule has 0 atom stereocenters. The second-order valence-electron chi connectivity index (χ2n) is 5.27. The summed E-state index contributed by atoms with van der Waals surface area (Å²) in [6, 6.07) is 7.73. The van der Waals surface area contributed by atoms with Gasteiger partial charge in [0.25, 0.3) is 0 Å². The van der Waals surface area contributed by atoms with Gasteiger partial charge >= 0.3 is 5.97 Å². The highest BCUT2D eigenvalue weighted by atomic mass is 32.2. The molecule has 1 aromatic carbocycles. The number of aryl methyl sites for hydroxylation is 2. The van der Waals surface area contributed by atoms with Gasteiger partial charge in [0, 0.05) is 17.0 Å². The molecule has 8 heteroatoms. The van der Waals surface area contributed by atoms with E-state index in [0.717, 1.165) is 11.4 Å². The number of ketones is 1. The first-order valence-corrected chi connectivity index (χ1v) is 8.42. The van der Waals surface area contributed by atoms with Crippen LogP contribution in [0, 0.1) is 13.8 Å². The summed E-state index contributed by atoms with van der Waals surface area (Å²) in [4.78, 5) is 43.6. The summed E-state index contributed by atoms with van der Waals surface area (Å²) in [5.74, 6) is -1.93. The second kappa shape index (κ2) is 8.39. The van der Waals surface area contributed by atoms with Crippen molar-refractivity contribution >= 4 is 29.4 Å². The molecule has 1 aromatic heterocycles. The molecule has 7 nitrogen and oxygen atoms in total. The number of hydrogen-bond acceptors (Lipinski definition) is 6. The van der Waals surface area contributed by atoms with Gasteiger partial charge < -0.3 is 10.4 Å². The molecule has 0 fully saturated rings. The third kappa shape index (κ3) is 5.39. The summed E-state index contributed by atoms with van der Waals surface area (Å²) in [5.41, 5.74) is 1.62. The van der Waals surface area contributed by atoms with E-state index in [-0.39, 0.29) is 29.3 Å². The van der Waals surface area contributed by atoms with Crippen LogP contribution in [0.1, 0.15) is 32.1 Å². The van der Waals surface area contributed by atoms with Crippen molar-refractivity contribution in [1.82, 2.24) is 15.3 Å². The summed E-state index contributed by atoms with van der Waals surface area (Å²) in [6.07, 6.45) is 0. The van der Waals surface area contributed by atoms with Crippen molar-refractivity contribution in [2.45, 2.75) is 19.0 Å². The van der Waals surface area contributed by atoms with Crippen LogP contribution in [-0.4, -0.2) is 45.0 Å². The van der Waals surface area contributed by atoms with Crippen molar-refractivity contribution in [3.05, 3.63) is 52.8 Å². The summed E-state index contributed by atoms with van der Waals surface area (Å²) in [6.45, 7) is 3.42. The Morgan fingerprint density at radius 1 is 1.08 bits per heavy atom. The van der Waals surface area contributed by atoms with Crippen LogP contribution in [-0.2, 0) is 4.79 Å². The number of aromatic carboxylic acids is 1. The average Bonchev–Trinajstić information content (AvgIpc) is 2.57. The van der Waals surface area contributed by atoms with Gasteiger partial charge in [-0.1, -0.05) is 30.0 Å². The molecule has 0 bridgehead atoms. The van der Waals surface area contributed by atoms with Crippen LogP contribution < -0.4 is 5.32 Å². The number of amides is 1. The number of rotatable bonds is 7. The van der Waals surface area contributed by atoms with Gasteiger partial charge in [-0.25, -0.2) is 14.8 Å². The Labute approximate surface area is 148 Å². The van der Waals surface area contributed by atoms with Crippen molar-refractivity contribution in [2.24, 2.45) is 0 Å². The van der Waals surface area contributed by atoms with Crippen LogP contribution in [0.15, 0.2) is 35.5 Å². The van der Waals surface area contributed by atoms with Crippen molar-refractivity contribution < 1.29 is 19.5 Å². The SMILES string of the molecule is Cc1cc(C)nc(SCC(=O)NCC(=O)c2ccccc2C(=O)O)n1. The van der Waals surface area contributed by atoms with Crippen LogP contribution in [0.2, 0.25) is 0 Å². The maximum atomic E-state index is 12.1. The highest BCUT2D eigenvalue weighted by Crippen LogP contribution is 2.13. The maximum absolute atomic E-state index is 12.1. The Balaban J connectivity index is 1.89. The Morgan fingerprint density at radius 2 is 1.68 bits per heavy atom. The van der Waals surface area contributed by atoms with E-state index < -0.39 is 11.8 Å². The van der Waals surface area contributed by atoms with Gasteiger partial charge in [0.1, 0.15) is 0 Å². The molecule has 130 valence electrons. The summed E-state index contributed by atoms with van der Waals surface area (Å²) < 4.78 is 0. The summed E-state index contributed by atoms with van der Waals surface area (Å²) in [7, 11) is 0. The van der Waals surface area contributed by atoms with Crippen molar-refractivity contribution in [3.8, 4) is 0 Å². The average molecular weight is 359 g/mol. The van der Waals surface area contributed by atoms with Gasteiger partial charge in [-0.3, -0.25) is 9.59 Å². The van der Waals surface area contributed by atoms with Gasteiger partial charge in [-0.2, -0.15) is 0 Å². The highest BCUT2D eigenvalue weighted by molar-refractivity contribution is 7.99. The van der Waals surface area contributed by atoms with Crippen LogP contribution >= 0.6 is 11.8 Å². The summed E-state index contributed by atoms with van der Waals surface area (Å²) >= 11 is 1.17. The fourth-order valence-electron chi connectivity index (χ4n) is 2.13. The Hall–Kier alpha value is -2.74. The number of carboxylic acids is 1. The number of thioether (sulfide) groups is 1. The molecule has 0 unspecified atom stereocenters. The third-order valence-corrected chi connectivity index (χ3v) is 4.05. The molecule has 0 saturated carbocycles. The Bertz CT molecular complexity index is 803. The molecule has 0 saturated heterocycles. The number of carbonyl (C=O) groups is 3. The first-order valence-electron chi connectivity index (χ1n) is 7.44. The van der Waals surface area contributed by atoms with Gasteiger partial charge in [-0.15, -0.1) is 0 Å². The number of nitrogens with zero attached hydrogens (tertiary/aromatic N) is 2. The largest absolute Gasteiger partial charge is 0.478 e. The molecule has 0 aliphatic carbocycles. The molecule has 2 rings (SSSR count). The minimum atomic E-state index is -1.18. The predicted molar refractivity (Wildman–Crippen MR) is 93.0 cm³/mol. The van der Waals surface area contributed by atoms with E-state index >= 15 is 0 Å². The minimum Gasteiger partial charge on any atom is -0.478 e. The number of Topliss-reactive ketones (excluding diaryl/α,β-unsaturated/α-hetero) is 1. The molecule has 2 aromatic rings. The normalized spacial score (nSPS) is 10.3. The van der Waals surface area contributed by atoms with E-state index in [1.54, 1.807) is 12.1 Å². The molecule has 0 aliphatic heterocycles. The number of hydrogen-bond donors (Lipinski definition) is 2. The fourth-order valence-corrected chi connectivity index (χ4v) is 2.91. The number of aromatic nitrogens is 2. The predicted octanol–water partition coefficient (Wildman–Crippen LogP) is 1.88. The molecular weight excluding hydrogens is 342 g/mol. The first-order chi connectivity index (χ1) is 11.9. The Kier molecular flexibility index (Phi) is 6.24. The van der Waals surface area contributed by atoms with Gasteiger partial charge in [0.05, 0.1) is 17.9 Å². The zero-order valence-corrected chi connectivity index (χ0v) is 14.6. The van der Waals surface area contributed by atoms with Crippen LogP contribution in [0.5, 0.6) is 0 Å². The van der Waals surface area contributed by atoms with Crippen molar-refractivity contribution in [1.29, 1.82) is 0 Å². The van der Waals surface area contributed by atoms with Crippen LogP contribution in [0.4, 0.5) is 0 Å². The zero-order valence-electron chi connectivity index (χ0n) is 13.8. The third-order valence-electron chi connectivity index (χ3n) is 3.20. The molecule has 2 N–H and O–H groups in total. The van der Waals surface area contributed by atoms with Gasteiger partial charge in [-0.05, 0) is 26.0 Å². The zero-order chi connectivity index (χ0) is 18.4. The number of carbonyl (C=O) groups excluding carboxylic acids is 2. The second-order valence-corrected chi connectivity index (χ2v) is 6.22. The van der Waals surface area contributed by atoms with E-state index in [0.29, 0.717) is 5.16 Å². The molecule has 1 amide bonds. The van der Waals surface area contributed by atoms with Gasteiger partial charge in [0.15, 0.2) is 10.9 Å². The molecule has 0 aliphatic rings. The van der Waals surface area contributed by atoms with E-state index in [2.05, 4.69) is 15.3 Å². The molecular formula is C17H17N3O4S. The molecule has 1 heterocycles. The highest BCUT2D eigenvalue weighted by Gasteiger charge is 2.16. The quantitative estimate of drug-likeness (QED) is 0.441. The molecule has 0 spiro atoms. The maximum Gasteiger partial charge on any atom is 0.336 e. The lowest BCUT2D eigenvalue weighted by atomic mass is 10.0. The molecule has 0 radical (unpaired) electrons. The minimum absolute atomic E-state index is 0.0662. The smallest absolute Gasteiger partial charge is 0.336 e. The lowest BCUT2D eigenvalue weighted by molar-refractivity contribution is -0.118. The number of carboxylic acid groups (broad SMARTS) is 1. The summed E-state index contributed by atoms with van der Waals surface area (Å²) in [5, 5.41) is 12.1. The number of benzene rings is 1. The van der Waals surface area contributed by atoms with Crippen LogP contribution in [0.25, 0.3) is 0 Å². The Morgan fingerprint density at radius 3 is 2.28 bits per heavy atom. The fraction of sp³-hybridized carbons (Fsp3) is 0.235. The number of nitrogens with one attached hydrogen (secondary N) is 1. The van der Waals surface area contributed by atoms with Crippen molar-refractivity contribution in [3.63, 3.8) is 0 Å². The lowest BCUT2D eigenvalue weighted by Crippen LogP contribution is -2.31. The monoisotopic (exact) mass is 359 g/mol. The van der Waals surface area contributed by atoms with Crippen molar-refractivity contribution in [2.75, 3.05) is 12.3 Å². The van der Waals surface area contributed by atoms with E-state index in [1.165, 1.54) is 23.9 Å². The van der Waals surface area contributed by atoms with E-state index in [1.807, 2.05) is 19.9 Å². The van der Waals surface area contributed by atoms with Gasteiger partial charge in [0.2, 0.25) is 5.91 Å². The molecule has 25 heavy (non-hydrogen) atoms. The van der Waals surface area contributed by atoms with E-state index in [9.17, 15) is 14.4 Å². The first kappa shape index (κ1) is 18.6. The topological polar surface area (TPSA) is 109 Å². The lowest BCUT2D eigenvalue weighted by Gasteiger charge is -2.07. The van der Waals surface area contributed by atoms with E-state index in [4.69, 9.17) is 5.11 Å². The standard InChI is InChI=1S/C17H17N3O4S/c1-10-7-11(2)20-17(19-10)25-9-15(22)18-8-14(21)12-5-3-4-6-13(12)16(23)24/h3-7H,8-9H2,1-2H3,(H,18,22)(H,23,24).